The summed E-state index contributed by atoms with van der Waals surface area (Å²) in [6, 6.07) is 23.1. The molecular weight excluding hydrogens is 856 g/mol. The second-order valence-corrected chi connectivity index (χ2v) is 16.4. The van der Waals surface area contributed by atoms with Crippen LogP contribution in [0.1, 0.15) is 120 Å². The first-order valence-electron chi connectivity index (χ1n) is 20.4. The summed E-state index contributed by atoms with van der Waals surface area (Å²) >= 11 is 6.65. The third kappa shape index (κ3) is 18.6. The standard InChI is InChI=1S/C17H18N2O4.C12H15BrO.C6H5BrO.C6H12O.C4H8O/c20-16-10-12(17(21)22)11-18-19(16)13-6-8-15(9-7-13)23-14-4-2-1-3-5-14;13-10-6-8-12(9-7-10)14-11-4-2-1-3-5-11;7-5-1-3-6(8)4-2-5;7-6-4-2-1-3-5-6;1-2-4-5-3-1/h6-11,14H,1-5H2,(H,21,22);6-9,11H,1-5H2;1-4,8H;6-7H,1-5H2;1-4H2. The molecule has 0 atom stereocenters. The maximum absolute atomic E-state index is 12.0. The first-order chi connectivity index (χ1) is 27.7. The number of benzene rings is 3. The Morgan fingerprint density at radius 3 is 1.46 bits per heavy atom. The van der Waals surface area contributed by atoms with E-state index < -0.39 is 11.5 Å². The summed E-state index contributed by atoms with van der Waals surface area (Å²) in [5.41, 5.74) is -0.0303. The minimum atomic E-state index is -1.17. The molecule has 4 fully saturated rings. The fraction of sp³-hybridized carbons (Fsp3) is 0.489. The largest absolute Gasteiger partial charge is 0.508 e. The molecule has 57 heavy (non-hydrogen) atoms. The molecule has 0 amide bonds. The van der Waals surface area contributed by atoms with Gasteiger partial charge in [0, 0.05) is 28.2 Å². The van der Waals surface area contributed by atoms with Crippen molar-refractivity contribution in [3.8, 4) is 22.9 Å². The van der Waals surface area contributed by atoms with Gasteiger partial charge in [-0.25, -0.2) is 4.79 Å². The van der Waals surface area contributed by atoms with Crippen LogP contribution in [0.15, 0.2) is 98.8 Å². The van der Waals surface area contributed by atoms with E-state index in [4.69, 9.17) is 29.5 Å². The number of hydrogen-bond acceptors (Lipinski definition) is 8. The van der Waals surface area contributed by atoms with Crippen molar-refractivity contribution in [1.82, 2.24) is 9.78 Å². The normalized spacial score (nSPS) is 17.1. The number of rotatable bonds is 6. The predicted octanol–water partition coefficient (Wildman–Crippen LogP) is 11.1. The van der Waals surface area contributed by atoms with Gasteiger partial charge in [0.05, 0.1) is 35.8 Å². The van der Waals surface area contributed by atoms with E-state index in [-0.39, 0.29) is 17.8 Å². The highest BCUT2D eigenvalue weighted by Gasteiger charge is 2.16. The van der Waals surface area contributed by atoms with Gasteiger partial charge in [-0.15, -0.1) is 0 Å². The monoisotopic (exact) mass is 912 g/mol. The third-order valence-corrected chi connectivity index (χ3v) is 10.9. The van der Waals surface area contributed by atoms with Crippen molar-refractivity contribution in [2.24, 2.45) is 0 Å². The number of aromatic carboxylic acids is 1. The van der Waals surface area contributed by atoms with Crippen LogP contribution in [0.25, 0.3) is 5.69 Å². The summed E-state index contributed by atoms with van der Waals surface area (Å²) in [7, 11) is 0. The van der Waals surface area contributed by atoms with Gasteiger partial charge >= 0.3 is 5.97 Å². The van der Waals surface area contributed by atoms with E-state index >= 15 is 0 Å². The first-order valence-corrected chi connectivity index (χ1v) is 22.0. The molecule has 3 aliphatic carbocycles. The van der Waals surface area contributed by atoms with Crippen molar-refractivity contribution >= 4 is 37.8 Å². The Morgan fingerprint density at radius 2 is 1.09 bits per heavy atom. The first kappa shape index (κ1) is 46.0. The van der Waals surface area contributed by atoms with Crippen LogP contribution in [0.5, 0.6) is 17.2 Å². The molecule has 1 aliphatic heterocycles. The van der Waals surface area contributed by atoms with Gasteiger partial charge in [-0.3, -0.25) is 4.79 Å². The van der Waals surface area contributed by atoms with Gasteiger partial charge in [0.2, 0.25) is 0 Å². The number of aromatic hydroxyl groups is 1. The van der Waals surface area contributed by atoms with Gasteiger partial charge in [-0.2, -0.15) is 9.78 Å². The number of aliphatic hydroxyl groups excluding tert-OH is 1. The molecule has 12 heteroatoms. The summed E-state index contributed by atoms with van der Waals surface area (Å²) in [5, 5.41) is 30.4. The minimum absolute atomic E-state index is 0.0359. The number of nitrogens with zero attached hydrogens (tertiary/aromatic N) is 2. The Bertz CT molecular complexity index is 1720. The van der Waals surface area contributed by atoms with Crippen molar-refractivity contribution in [1.29, 1.82) is 0 Å². The van der Waals surface area contributed by atoms with E-state index in [0.29, 0.717) is 17.5 Å². The second-order valence-electron chi connectivity index (χ2n) is 14.6. The van der Waals surface area contributed by atoms with E-state index in [2.05, 4.69) is 37.0 Å². The highest BCUT2D eigenvalue weighted by atomic mass is 79.9. The molecule has 4 aromatic rings. The van der Waals surface area contributed by atoms with E-state index in [1.54, 1.807) is 36.4 Å². The highest BCUT2D eigenvalue weighted by Crippen LogP contribution is 2.25. The Labute approximate surface area is 353 Å². The van der Waals surface area contributed by atoms with Gasteiger partial charge in [0.15, 0.2) is 0 Å². The van der Waals surface area contributed by atoms with Gasteiger partial charge in [-0.1, -0.05) is 64.0 Å². The van der Waals surface area contributed by atoms with E-state index in [1.807, 2.05) is 36.4 Å². The number of carboxylic acid groups (broad SMARTS) is 1. The molecule has 1 saturated heterocycles. The molecule has 0 spiro atoms. The number of aliphatic hydroxyl groups is 1. The van der Waals surface area contributed by atoms with Crippen molar-refractivity contribution < 1.29 is 34.3 Å². The smallest absolute Gasteiger partial charge is 0.337 e. The lowest BCUT2D eigenvalue weighted by Gasteiger charge is -2.23. The maximum Gasteiger partial charge on any atom is 0.337 e. The quantitative estimate of drug-likeness (QED) is 0.172. The zero-order valence-electron chi connectivity index (χ0n) is 32.8. The zero-order chi connectivity index (χ0) is 40.7. The van der Waals surface area contributed by atoms with Crippen LogP contribution >= 0.6 is 31.9 Å². The summed E-state index contributed by atoms with van der Waals surface area (Å²) in [4.78, 5) is 22.8. The van der Waals surface area contributed by atoms with Crippen molar-refractivity contribution in [3.05, 3.63) is 110 Å². The molecule has 310 valence electrons. The summed E-state index contributed by atoms with van der Waals surface area (Å²) < 4.78 is 20.0. The van der Waals surface area contributed by atoms with Gasteiger partial charge in [-0.05, 0) is 150 Å². The van der Waals surface area contributed by atoms with Crippen molar-refractivity contribution in [2.45, 2.75) is 127 Å². The molecule has 0 bridgehead atoms. The number of hydrogen-bond donors (Lipinski definition) is 3. The second kappa shape index (κ2) is 26.3. The molecule has 3 N–H and O–H groups in total. The van der Waals surface area contributed by atoms with Crippen LogP contribution in [0.2, 0.25) is 0 Å². The Balaban J connectivity index is 0.000000178. The Hall–Kier alpha value is -3.71. The average molecular weight is 915 g/mol. The number of phenols is 1. The lowest BCUT2D eigenvalue weighted by Crippen LogP contribution is -2.22. The lowest BCUT2D eigenvalue weighted by atomic mass is 9.98. The summed E-state index contributed by atoms with van der Waals surface area (Å²) in [6.45, 7) is 2.00. The van der Waals surface area contributed by atoms with E-state index in [0.717, 1.165) is 76.3 Å². The predicted molar refractivity (Wildman–Crippen MR) is 231 cm³/mol. The van der Waals surface area contributed by atoms with Crippen LogP contribution in [-0.4, -0.2) is 62.6 Å². The number of carboxylic acids is 1. The Morgan fingerprint density at radius 1 is 0.649 bits per heavy atom. The average Bonchev–Trinajstić information content (AvgIpc) is 3.83. The van der Waals surface area contributed by atoms with Crippen LogP contribution in [-0.2, 0) is 4.74 Å². The molecule has 1 aromatic heterocycles. The van der Waals surface area contributed by atoms with Gasteiger partial charge < -0.3 is 29.5 Å². The molecule has 4 aliphatic rings. The van der Waals surface area contributed by atoms with Gasteiger partial charge in [0.25, 0.3) is 5.56 Å². The molecule has 0 radical (unpaired) electrons. The molecule has 2 heterocycles. The Kier molecular flexibility index (Phi) is 21.2. The number of aromatic nitrogens is 2. The summed E-state index contributed by atoms with van der Waals surface area (Å²) in [6.07, 6.45) is 22.7. The number of carbonyl (C=O) groups is 1. The number of phenolic OH excluding ortho intramolecular Hbond substituents is 1. The van der Waals surface area contributed by atoms with Crippen LogP contribution in [0, 0.1) is 0 Å². The van der Waals surface area contributed by atoms with Crippen LogP contribution in [0.3, 0.4) is 0 Å². The zero-order valence-corrected chi connectivity index (χ0v) is 36.0. The SMILES string of the molecule is Brc1ccc(OC2CCCCC2)cc1.C1CCOC1.O=C(O)c1cnn(-c2ccc(OC3CCCCC3)cc2)c(=O)c1.OC1CCCCC1.Oc1ccc(Br)cc1. The summed E-state index contributed by atoms with van der Waals surface area (Å²) in [5.74, 6) is 0.905. The number of halogens is 2. The molecular formula is C45H58Br2N2O8. The number of ether oxygens (including phenoxy) is 3. The van der Waals surface area contributed by atoms with Crippen LogP contribution < -0.4 is 15.0 Å². The molecule has 8 rings (SSSR count). The molecule has 0 unspecified atom stereocenters. The maximum atomic E-state index is 12.0. The van der Waals surface area contributed by atoms with E-state index in [1.165, 1.54) is 83.5 Å². The molecule has 3 aromatic carbocycles. The lowest BCUT2D eigenvalue weighted by molar-refractivity contribution is 0.0695. The van der Waals surface area contributed by atoms with Gasteiger partial charge in [0.1, 0.15) is 17.2 Å². The van der Waals surface area contributed by atoms with E-state index in [9.17, 15) is 9.59 Å². The molecule has 3 saturated carbocycles. The third-order valence-electron chi connectivity index (χ3n) is 9.88. The molecule has 10 nitrogen and oxygen atoms in total. The fourth-order valence-electron chi connectivity index (χ4n) is 6.68. The fourth-order valence-corrected chi connectivity index (χ4v) is 7.21. The van der Waals surface area contributed by atoms with Crippen molar-refractivity contribution in [3.63, 3.8) is 0 Å². The minimum Gasteiger partial charge on any atom is -0.508 e. The van der Waals surface area contributed by atoms with Crippen LogP contribution in [0.4, 0.5) is 0 Å². The topological polar surface area (TPSA) is 140 Å². The highest BCUT2D eigenvalue weighted by molar-refractivity contribution is 9.10. The van der Waals surface area contributed by atoms with Crippen molar-refractivity contribution in [2.75, 3.05) is 13.2 Å².